The second kappa shape index (κ2) is 4.52. The molecule has 21 heavy (non-hydrogen) atoms. The maximum absolute atomic E-state index is 8.84. The minimum Gasteiger partial charge on any atom is -0.352 e. The summed E-state index contributed by atoms with van der Waals surface area (Å²) in [7, 11) is 0. The molecular weight excluding hydrogens is 266 g/mol. The van der Waals surface area contributed by atoms with Crippen molar-refractivity contribution in [2.24, 2.45) is 0 Å². The van der Waals surface area contributed by atoms with Crippen molar-refractivity contribution >= 4 is 16.7 Å². The quantitative estimate of drug-likeness (QED) is 0.698. The van der Waals surface area contributed by atoms with E-state index in [2.05, 4.69) is 31.0 Å². The zero-order chi connectivity index (χ0) is 14.2. The minimum absolute atomic E-state index is 0.277. The number of rotatable bonds is 2. The number of nitrogens with zero attached hydrogens (tertiary/aromatic N) is 7. The highest BCUT2D eigenvalue weighted by Gasteiger charge is 2.30. The lowest BCUT2D eigenvalue weighted by molar-refractivity contribution is 0.366. The summed E-state index contributed by atoms with van der Waals surface area (Å²) < 4.78 is 1.85. The van der Waals surface area contributed by atoms with Crippen LogP contribution in [0, 0.1) is 11.3 Å². The maximum atomic E-state index is 8.84. The van der Waals surface area contributed by atoms with Crippen molar-refractivity contribution in [2.75, 3.05) is 18.0 Å². The first-order valence-corrected chi connectivity index (χ1v) is 6.59. The van der Waals surface area contributed by atoms with Gasteiger partial charge >= 0.3 is 0 Å². The summed E-state index contributed by atoms with van der Waals surface area (Å²) in [6.07, 6.45) is 8.43. The molecule has 0 radical (unpaired) electrons. The van der Waals surface area contributed by atoms with Crippen molar-refractivity contribution in [3.05, 3.63) is 42.7 Å². The number of hydrogen-bond acceptors (Lipinski definition) is 6. The smallest absolute Gasteiger partial charge is 0.140 e. The predicted molar refractivity (Wildman–Crippen MR) is 75.5 cm³/mol. The van der Waals surface area contributed by atoms with Gasteiger partial charge in [0.05, 0.1) is 29.5 Å². The van der Waals surface area contributed by atoms with Gasteiger partial charge in [-0.1, -0.05) is 0 Å². The molecule has 1 aliphatic heterocycles. The topological polar surface area (TPSA) is 83.5 Å². The molecule has 0 aliphatic carbocycles. The SMILES string of the molecule is N#Cc1cnn(C2CN(c3ncnc4cnccc34)C2)c1. The van der Waals surface area contributed by atoms with Gasteiger partial charge in [0.1, 0.15) is 18.2 Å². The fraction of sp³-hybridized carbons (Fsp3) is 0.214. The highest BCUT2D eigenvalue weighted by atomic mass is 15.4. The summed E-state index contributed by atoms with van der Waals surface area (Å²) in [5.41, 5.74) is 1.43. The van der Waals surface area contributed by atoms with Crippen molar-refractivity contribution in [1.82, 2.24) is 24.7 Å². The lowest BCUT2D eigenvalue weighted by Crippen LogP contribution is -2.48. The Morgan fingerprint density at radius 2 is 2.14 bits per heavy atom. The molecule has 1 saturated heterocycles. The zero-order valence-electron chi connectivity index (χ0n) is 11.1. The van der Waals surface area contributed by atoms with E-state index in [0.717, 1.165) is 29.8 Å². The number of anilines is 1. The van der Waals surface area contributed by atoms with E-state index in [1.165, 1.54) is 0 Å². The monoisotopic (exact) mass is 277 g/mol. The number of fused-ring (bicyclic) bond motifs is 1. The van der Waals surface area contributed by atoms with Crippen LogP contribution in [-0.2, 0) is 0 Å². The normalized spacial score (nSPS) is 14.9. The van der Waals surface area contributed by atoms with Crippen LogP contribution in [-0.4, -0.2) is 37.8 Å². The number of nitriles is 1. The van der Waals surface area contributed by atoms with Crippen LogP contribution < -0.4 is 4.90 Å². The summed E-state index contributed by atoms with van der Waals surface area (Å²) in [6, 6.07) is 4.30. The van der Waals surface area contributed by atoms with Gasteiger partial charge in [0.2, 0.25) is 0 Å². The zero-order valence-corrected chi connectivity index (χ0v) is 11.1. The fourth-order valence-corrected chi connectivity index (χ4v) is 2.54. The molecule has 0 unspecified atom stereocenters. The molecule has 1 aliphatic rings. The van der Waals surface area contributed by atoms with E-state index in [1.54, 1.807) is 31.1 Å². The van der Waals surface area contributed by atoms with Crippen molar-refractivity contribution in [3.63, 3.8) is 0 Å². The second-order valence-electron chi connectivity index (χ2n) is 4.97. The van der Waals surface area contributed by atoms with Gasteiger partial charge in [-0.3, -0.25) is 9.67 Å². The van der Waals surface area contributed by atoms with Gasteiger partial charge in [0.25, 0.3) is 0 Å². The van der Waals surface area contributed by atoms with E-state index in [-0.39, 0.29) is 6.04 Å². The van der Waals surface area contributed by atoms with Crippen LogP contribution in [0.15, 0.2) is 37.2 Å². The fourth-order valence-electron chi connectivity index (χ4n) is 2.54. The van der Waals surface area contributed by atoms with E-state index >= 15 is 0 Å². The summed E-state index contributed by atoms with van der Waals surface area (Å²) >= 11 is 0. The molecular formula is C14H11N7. The average molecular weight is 277 g/mol. The summed E-state index contributed by atoms with van der Waals surface area (Å²) in [5.74, 6) is 0.923. The Balaban J connectivity index is 1.58. The molecule has 7 heteroatoms. The van der Waals surface area contributed by atoms with Gasteiger partial charge in [-0.2, -0.15) is 10.4 Å². The van der Waals surface area contributed by atoms with Gasteiger partial charge in [-0.25, -0.2) is 9.97 Å². The number of pyridine rings is 1. The van der Waals surface area contributed by atoms with Gasteiger partial charge in [0, 0.05) is 30.9 Å². The Hall–Kier alpha value is -3.01. The van der Waals surface area contributed by atoms with Gasteiger partial charge in [0.15, 0.2) is 0 Å². The first kappa shape index (κ1) is 11.8. The summed E-state index contributed by atoms with van der Waals surface area (Å²) in [4.78, 5) is 14.9. The molecule has 4 heterocycles. The maximum Gasteiger partial charge on any atom is 0.140 e. The van der Waals surface area contributed by atoms with Crippen LogP contribution in [0.25, 0.3) is 10.9 Å². The third-order valence-electron chi connectivity index (χ3n) is 3.68. The van der Waals surface area contributed by atoms with E-state index in [9.17, 15) is 0 Å². The molecule has 0 spiro atoms. The van der Waals surface area contributed by atoms with Crippen LogP contribution in [0.2, 0.25) is 0 Å². The van der Waals surface area contributed by atoms with Crippen molar-refractivity contribution in [3.8, 4) is 6.07 Å². The first-order valence-electron chi connectivity index (χ1n) is 6.59. The molecule has 3 aromatic heterocycles. The standard InChI is InChI=1S/C14H11N7/c15-3-10-4-19-21(6-10)11-7-20(8-11)14-12-1-2-16-5-13(12)17-9-18-14/h1-2,4-6,9,11H,7-8H2. The van der Waals surface area contributed by atoms with Crippen LogP contribution in [0.3, 0.4) is 0 Å². The highest BCUT2D eigenvalue weighted by molar-refractivity contribution is 5.88. The van der Waals surface area contributed by atoms with Crippen LogP contribution in [0.5, 0.6) is 0 Å². The molecule has 4 rings (SSSR count). The molecule has 1 fully saturated rings. The molecule has 0 N–H and O–H groups in total. The van der Waals surface area contributed by atoms with E-state index in [4.69, 9.17) is 5.26 Å². The lowest BCUT2D eigenvalue weighted by Gasteiger charge is -2.40. The molecule has 7 nitrogen and oxygen atoms in total. The summed E-state index contributed by atoms with van der Waals surface area (Å²) in [5, 5.41) is 14.1. The van der Waals surface area contributed by atoms with Crippen LogP contribution >= 0.6 is 0 Å². The van der Waals surface area contributed by atoms with Crippen molar-refractivity contribution in [1.29, 1.82) is 5.26 Å². The Kier molecular flexibility index (Phi) is 2.54. The van der Waals surface area contributed by atoms with Crippen molar-refractivity contribution < 1.29 is 0 Å². The molecule has 0 atom stereocenters. The predicted octanol–water partition coefficient (Wildman–Crippen LogP) is 1.15. The molecule has 102 valence electrons. The Morgan fingerprint density at radius 1 is 1.24 bits per heavy atom. The van der Waals surface area contributed by atoms with E-state index in [1.807, 2.05) is 10.7 Å². The third kappa shape index (κ3) is 1.89. The third-order valence-corrected chi connectivity index (χ3v) is 3.68. The first-order chi connectivity index (χ1) is 10.3. The molecule has 0 aromatic carbocycles. The summed E-state index contributed by atoms with van der Waals surface area (Å²) in [6.45, 7) is 1.64. The number of aromatic nitrogens is 5. The van der Waals surface area contributed by atoms with Crippen LogP contribution in [0.1, 0.15) is 11.6 Å². The highest BCUT2D eigenvalue weighted by Crippen LogP contribution is 2.30. The average Bonchev–Trinajstić information content (AvgIpc) is 2.95. The Labute approximate surface area is 120 Å². The van der Waals surface area contributed by atoms with Crippen LogP contribution in [0.4, 0.5) is 5.82 Å². The van der Waals surface area contributed by atoms with Crippen molar-refractivity contribution in [2.45, 2.75) is 6.04 Å². The van der Waals surface area contributed by atoms with Gasteiger partial charge < -0.3 is 4.90 Å². The van der Waals surface area contributed by atoms with E-state index in [0.29, 0.717) is 5.56 Å². The van der Waals surface area contributed by atoms with E-state index < -0.39 is 0 Å². The van der Waals surface area contributed by atoms with Gasteiger partial charge in [-0.05, 0) is 6.07 Å². The molecule has 0 saturated carbocycles. The Morgan fingerprint density at radius 3 is 2.95 bits per heavy atom. The minimum atomic E-state index is 0.277. The lowest BCUT2D eigenvalue weighted by atomic mass is 10.1. The van der Waals surface area contributed by atoms with Gasteiger partial charge in [-0.15, -0.1) is 0 Å². The number of hydrogen-bond donors (Lipinski definition) is 0. The molecule has 0 bridgehead atoms. The second-order valence-corrected chi connectivity index (χ2v) is 4.97. The molecule has 3 aromatic rings. The molecule has 0 amide bonds. The largest absolute Gasteiger partial charge is 0.352 e. The Bertz CT molecular complexity index is 836.